The highest BCUT2D eigenvalue weighted by Crippen LogP contribution is 2.31. The van der Waals surface area contributed by atoms with E-state index in [9.17, 15) is 8.42 Å². The third kappa shape index (κ3) is 2.50. The van der Waals surface area contributed by atoms with Gasteiger partial charge in [0.2, 0.25) is 10.0 Å². The second kappa shape index (κ2) is 5.52. The molecule has 124 valence electrons. The van der Waals surface area contributed by atoms with Crippen molar-refractivity contribution in [1.29, 1.82) is 0 Å². The zero-order valence-corrected chi connectivity index (χ0v) is 13.9. The summed E-state index contributed by atoms with van der Waals surface area (Å²) in [7, 11) is -2.02. The van der Waals surface area contributed by atoms with Crippen molar-refractivity contribution in [2.45, 2.75) is 12.2 Å². The van der Waals surface area contributed by atoms with Gasteiger partial charge in [0.25, 0.3) is 0 Å². The summed E-state index contributed by atoms with van der Waals surface area (Å²) in [5, 5.41) is 4.63. The number of hydrogen-bond donors (Lipinski definition) is 0. The Bertz CT molecular complexity index is 1010. The van der Waals surface area contributed by atoms with Gasteiger partial charge in [-0.15, -0.1) is 0 Å². The summed E-state index contributed by atoms with van der Waals surface area (Å²) in [5.74, 6) is 0.612. The first-order valence-electron chi connectivity index (χ1n) is 7.60. The first kappa shape index (κ1) is 15.0. The summed E-state index contributed by atoms with van der Waals surface area (Å²) in [5.41, 5.74) is 2.65. The van der Waals surface area contributed by atoms with Gasteiger partial charge in [-0.1, -0.05) is 17.3 Å². The lowest BCUT2D eigenvalue weighted by atomic mass is 10.1. The van der Waals surface area contributed by atoms with E-state index in [1.807, 2.05) is 30.3 Å². The Morgan fingerprint density at radius 1 is 1.21 bits per heavy atom. The largest absolute Gasteiger partial charge is 0.493 e. The fourth-order valence-corrected chi connectivity index (χ4v) is 4.02. The van der Waals surface area contributed by atoms with Crippen LogP contribution in [0.1, 0.15) is 11.3 Å². The maximum atomic E-state index is 12.8. The van der Waals surface area contributed by atoms with Crippen molar-refractivity contribution in [2.24, 2.45) is 0 Å². The maximum absolute atomic E-state index is 12.8. The van der Waals surface area contributed by atoms with Gasteiger partial charge in [0.1, 0.15) is 17.2 Å². The van der Waals surface area contributed by atoms with E-state index in [0.29, 0.717) is 23.6 Å². The van der Waals surface area contributed by atoms with Gasteiger partial charge in [0.15, 0.2) is 5.58 Å². The van der Waals surface area contributed by atoms with Crippen LogP contribution in [0.5, 0.6) is 5.75 Å². The first-order chi connectivity index (χ1) is 11.5. The Morgan fingerprint density at radius 3 is 2.92 bits per heavy atom. The van der Waals surface area contributed by atoms with Gasteiger partial charge in [-0.25, -0.2) is 8.42 Å². The molecule has 2 heterocycles. The monoisotopic (exact) mass is 344 g/mol. The van der Waals surface area contributed by atoms with Crippen LogP contribution in [0.2, 0.25) is 0 Å². The van der Waals surface area contributed by atoms with Crippen LogP contribution in [0, 0.1) is 0 Å². The van der Waals surface area contributed by atoms with E-state index >= 15 is 0 Å². The lowest BCUT2D eigenvalue weighted by Gasteiger charge is -2.19. The highest BCUT2D eigenvalue weighted by atomic mass is 32.2. The Balaban J connectivity index is 1.64. The number of aromatic nitrogens is 1. The van der Waals surface area contributed by atoms with Gasteiger partial charge in [-0.2, -0.15) is 0 Å². The summed E-state index contributed by atoms with van der Waals surface area (Å²) in [6.45, 7) is 0.639. The summed E-state index contributed by atoms with van der Waals surface area (Å²) < 4.78 is 37.5. The van der Waals surface area contributed by atoms with Crippen LogP contribution in [0.15, 0.2) is 47.0 Å². The molecule has 7 heteroatoms. The molecular formula is C17H16N2O4S. The molecule has 1 aliphatic heterocycles. The summed E-state index contributed by atoms with van der Waals surface area (Å²) in [6.07, 6.45) is 0.797. The molecule has 0 amide bonds. The van der Waals surface area contributed by atoms with Gasteiger partial charge in [0.05, 0.1) is 12.3 Å². The minimum atomic E-state index is -3.58. The molecule has 1 aromatic heterocycles. The van der Waals surface area contributed by atoms with Crippen LogP contribution in [0.25, 0.3) is 11.0 Å². The molecule has 0 bridgehead atoms. The number of para-hydroxylation sites is 1. The third-order valence-corrected chi connectivity index (χ3v) is 5.91. The standard InChI is InChI=1S/C17H16N2O4S/c1-19(13-6-7-16-12(10-13)8-9-22-16)24(20,21)11-15-14-4-2-3-5-17(14)23-18-15/h2-7,10H,8-9,11H2,1H3. The van der Waals surface area contributed by atoms with Crippen LogP contribution in [-0.4, -0.2) is 27.2 Å². The zero-order valence-electron chi connectivity index (χ0n) is 13.1. The van der Waals surface area contributed by atoms with E-state index < -0.39 is 10.0 Å². The highest BCUT2D eigenvalue weighted by Gasteiger charge is 2.24. The van der Waals surface area contributed by atoms with Crippen molar-refractivity contribution in [3.8, 4) is 5.75 Å². The molecule has 6 nitrogen and oxygen atoms in total. The molecule has 0 spiro atoms. The van der Waals surface area contributed by atoms with E-state index in [1.165, 1.54) is 4.31 Å². The average Bonchev–Trinajstić information content (AvgIpc) is 3.20. The quantitative estimate of drug-likeness (QED) is 0.728. The lowest BCUT2D eigenvalue weighted by molar-refractivity contribution is 0.357. The molecule has 24 heavy (non-hydrogen) atoms. The zero-order chi connectivity index (χ0) is 16.7. The Kier molecular flexibility index (Phi) is 3.45. The molecule has 3 aromatic rings. The molecule has 0 N–H and O–H groups in total. The molecule has 0 fully saturated rings. The fraction of sp³-hybridized carbons (Fsp3) is 0.235. The summed E-state index contributed by atoms with van der Waals surface area (Å²) in [6, 6.07) is 12.7. The number of fused-ring (bicyclic) bond motifs is 2. The molecule has 0 unspecified atom stereocenters. The van der Waals surface area contributed by atoms with Crippen molar-refractivity contribution in [3.63, 3.8) is 0 Å². The highest BCUT2D eigenvalue weighted by molar-refractivity contribution is 7.92. The van der Waals surface area contributed by atoms with E-state index in [1.54, 1.807) is 19.2 Å². The lowest BCUT2D eigenvalue weighted by Crippen LogP contribution is -2.28. The predicted molar refractivity (Wildman–Crippen MR) is 90.7 cm³/mol. The van der Waals surface area contributed by atoms with Crippen molar-refractivity contribution in [2.75, 3.05) is 18.0 Å². The molecule has 1 aliphatic rings. The van der Waals surface area contributed by atoms with Gasteiger partial charge >= 0.3 is 0 Å². The van der Waals surface area contributed by atoms with Crippen molar-refractivity contribution < 1.29 is 17.7 Å². The van der Waals surface area contributed by atoms with Crippen LogP contribution >= 0.6 is 0 Å². The SMILES string of the molecule is CN(c1ccc2c(c1)CCO2)S(=O)(=O)Cc1noc2ccccc12. The smallest absolute Gasteiger partial charge is 0.240 e. The number of ether oxygens (including phenoxy) is 1. The van der Waals surface area contributed by atoms with Crippen LogP contribution < -0.4 is 9.04 Å². The minimum absolute atomic E-state index is 0.214. The third-order valence-electron chi connectivity index (χ3n) is 4.23. The Labute approximate surface area is 139 Å². The van der Waals surface area contributed by atoms with Crippen molar-refractivity contribution in [3.05, 3.63) is 53.7 Å². The topological polar surface area (TPSA) is 72.6 Å². The second-order valence-electron chi connectivity index (χ2n) is 5.74. The van der Waals surface area contributed by atoms with E-state index in [4.69, 9.17) is 9.26 Å². The molecule has 0 aliphatic carbocycles. The van der Waals surface area contributed by atoms with Crippen molar-refractivity contribution >= 4 is 26.7 Å². The molecule has 0 saturated heterocycles. The Morgan fingerprint density at radius 2 is 2.04 bits per heavy atom. The number of benzene rings is 2. The predicted octanol–water partition coefficient (Wildman–Crippen LogP) is 2.73. The molecule has 2 aromatic carbocycles. The van der Waals surface area contributed by atoms with Gasteiger partial charge in [-0.3, -0.25) is 4.31 Å². The van der Waals surface area contributed by atoms with Crippen LogP contribution in [0.3, 0.4) is 0 Å². The van der Waals surface area contributed by atoms with Gasteiger partial charge in [-0.05, 0) is 35.9 Å². The first-order valence-corrected chi connectivity index (χ1v) is 9.21. The minimum Gasteiger partial charge on any atom is -0.493 e. The van der Waals surface area contributed by atoms with E-state index in [0.717, 1.165) is 23.1 Å². The normalized spacial score (nSPS) is 13.7. The number of rotatable bonds is 4. The van der Waals surface area contributed by atoms with Crippen LogP contribution in [-0.2, 0) is 22.2 Å². The van der Waals surface area contributed by atoms with Crippen molar-refractivity contribution in [1.82, 2.24) is 5.16 Å². The van der Waals surface area contributed by atoms with E-state index in [2.05, 4.69) is 5.16 Å². The molecular weight excluding hydrogens is 328 g/mol. The molecule has 0 saturated carbocycles. The van der Waals surface area contributed by atoms with Gasteiger partial charge in [0, 0.05) is 18.9 Å². The average molecular weight is 344 g/mol. The van der Waals surface area contributed by atoms with Gasteiger partial charge < -0.3 is 9.26 Å². The summed E-state index contributed by atoms with van der Waals surface area (Å²) in [4.78, 5) is 0. The number of hydrogen-bond acceptors (Lipinski definition) is 5. The molecule has 4 rings (SSSR count). The molecule has 0 radical (unpaired) electrons. The maximum Gasteiger partial charge on any atom is 0.240 e. The summed E-state index contributed by atoms with van der Waals surface area (Å²) >= 11 is 0. The number of sulfonamides is 1. The number of anilines is 1. The fourth-order valence-electron chi connectivity index (χ4n) is 2.84. The number of nitrogens with zero attached hydrogens (tertiary/aromatic N) is 2. The van der Waals surface area contributed by atoms with E-state index in [-0.39, 0.29) is 5.75 Å². The van der Waals surface area contributed by atoms with Crippen LogP contribution in [0.4, 0.5) is 5.69 Å². The molecule has 0 atom stereocenters. The Hall–Kier alpha value is -2.54. The second-order valence-corrected chi connectivity index (χ2v) is 7.74.